The van der Waals surface area contributed by atoms with Gasteiger partial charge in [0.2, 0.25) is 5.95 Å². The zero-order valence-corrected chi connectivity index (χ0v) is 18.4. The number of hydrogen-bond donors (Lipinski definition) is 1. The Morgan fingerprint density at radius 2 is 1.58 bits per heavy atom. The summed E-state index contributed by atoms with van der Waals surface area (Å²) in [6.07, 6.45) is 3.40. The van der Waals surface area contributed by atoms with Crippen LogP contribution in [0.2, 0.25) is 0 Å². The van der Waals surface area contributed by atoms with Gasteiger partial charge in [-0.3, -0.25) is 4.68 Å². The Balaban J connectivity index is 1.62. The summed E-state index contributed by atoms with van der Waals surface area (Å²) < 4.78 is 89.7. The molecule has 0 saturated heterocycles. The molecule has 0 aliphatic carbocycles. The number of alkyl halides is 2. The number of hydrogen-bond acceptors (Lipinski definition) is 4. The second-order valence-corrected chi connectivity index (χ2v) is 8.21. The number of anilines is 1. The Morgan fingerprint density at radius 3 is 2.25 bits per heavy atom. The third-order valence-corrected chi connectivity index (χ3v) is 5.63. The zero-order chi connectivity index (χ0) is 25.8. The molecule has 2 N–H and O–H groups in total. The molecule has 6 nitrogen and oxygen atoms in total. The number of benzene rings is 2. The van der Waals surface area contributed by atoms with Crippen LogP contribution in [0.15, 0.2) is 61.1 Å². The van der Waals surface area contributed by atoms with Crippen molar-refractivity contribution >= 4 is 11.6 Å². The van der Waals surface area contributed by atoms with Gasteiger partial charge in [-0.25, -0.2) is 30.9 Å². The van der Waals surface area contributed by atoms with Crippen molar-refractivity contribution < 1.29 is 26.3 Å². The molecule has 5 rings (SSSR count). The molecule has 3 heterocycles. The van der Waals surface area contributed by atoms with E-state index in [1.165, 1.54) is 35.0 Å². The molecule has 0 bridgehead atoms. The average molecular weight is 502 g/mol. The van der Waals surface area contributed by atoms with Crippen molar-refractivity contribution in [2.24, 2.45) is 0 Å². The average Bonchev–Trinajstić information content (AvgIpc) is 3.39. The first-order chi connectivity index (χ1) is 17.0. The Kier molecular flexibility index (Phi) is 5.46. The maximum atomic E-state index is 15.6. The van der Waals surface area contributed by atoms with Gasteiger partial charge in [-0.05, 0) is 35.4 Å². The van der Waals surface area contributed by atoms with Crippen LogP contribution in [0.4, 0.5) is 32.3 Å². The van der Waals surface area contributed by atoms with Gasteiger partial charge in [-0.15, -0.1) is 5.10 Å². The number of nitrogens with zero attached hydrogens (tertiary/aromatic N) is 5. The van der Waals surface area contributed by atoms with E-state index in [9.17, 15) is 22.0 Å². The van der Waals surface area contributed by atoms with Crippen molar-refractivity contribution in [2.75, 3.05) is 5.73 Å². The first-order valence-electron chi connectivity index (χ1n) is 10.5. The zero-order valence-electron chi connectivity index (χ0n) is 18.4. The highest BCUT2D eigenvalue weighted by Gasteiger charge is 2.38. The number of nitrogen functional groups attached to an aromatic ring is 1. The number of halogens is 6. The molecule has 1 atom stereocenters. The Hall–Kier alpha value is -4.35. The molecule has 184 valence electrons. The number of rotatable bonds is 5. The normalized spacial score (nSPS) is 12.9. The van der Waals surface area contributed by atoms with Gasteiger partial charge < -0.3 is 5.73 Å². The molecule has 5 aromatic rings. The topological polar surface area (TPSA) is 74.0 Å². The molecule has 0 radical (unpaired) electrons. The lowest BCUT2D eigenvalue weighted by molar-refractivity contribution is -0.0217. The van der Waals surface area contributed by atoms with E-state index in [-0.39, 0.29) is 28.3 Å². The predicted octanol–water partition coefficient (Wildman–Crippen LogP) is 5.64. The molecule has 0 saturated carbocycles. The number of fused-ring (bicyclic) bond motifs is 1. The van der Waals surface area contributed by atoms with Crippen LogP contribution in [-0.4, -0.2) is 30.3 Å². The molecule has 0 spiro atoms. The highest BCUT2D eigenvalue weighted by Crippen LogP contribution is 2.38. The summed E-state index contributed by atoms with van der Waals surface area (Å²) in [5.74, 6) is -7.73. The minimum Gasteiger partial charge on any atom is -0.366 e. The van der Waals surface area contributed by atoms with E-state index in [2.05, 4.69) is 15.2 Å². The van der Waals surface area contributed by atoms with Crippen LogP contribution in [0.25, 0.3) is 27.9 Å². The van der Waals surface area contributed by atoms with Crippen LogP contribution in [-0.2, 0) is 0 Å². The molecule has 36 heavy (non-hydrogen) atoms. The first kappa shape index (κ1) is 23.4. The Bertz CT molecular complexity index is 1590. The monoisotopic (exact) mass is 502 g/mol. The van der Waals surface area contributed by atoms with Crippen molar-refractivity contribution in [3.63, 3.8) is 0 Å². The van der Waals surface area contributed by atoms with Crippen molar-refractivity contribution in [3.05, 3.63) is 89.9 Å². The summed E-state index contributed by atoms with van der Waals surface area (Å²) in [6, 6.07) is 5.84. The van der Waals surface area contributed by atoms with Crippen molar-refractivity contribution in [1.29, 1.82) is 0 Å². The highest BCUT2D eigenvalue weighted by molar-refractivity contribution is 5.76. The van der Waals surface area contributed by atoms with Crippen LogP contribution in [0, 0.1) is 23.3 Å². The minimum atomic E-state index is -3.37. The molecule has 0 aliphatic rings. The van der Waals surface area contributed by atoms with Gasteiger partial charge in [0.25, 0.3) is 5.92 Å². The fraction of sp³-hybridized carbons (Fsp3) is 0.125. The maximum Gasteiger partial charge on any atom is 0.271 e. The lowest BCUT2D eigenvalue weighted by atomic mass is 9.98. The fourth-order valence-electron chi connectivity index (χ4n) is 4.10. The lowest BCUT2D eigenvalue weighted by Gasteiger charge is -2.24. The molecule has 3 aromatic heterocycles. The quantitative estimate of drug-likeness (QED) is 0.316. The predicted molar refractivity (Wildman–Crippen MR) is 119 cm³/mol. The van der Waals surface area contributed by atoms with Crippen LogP contribution >= 0.6 is 0 Å². The van der Waals surface area contributed by atoms with Gasteiger partial charge in [0.15, 0.2) is 5.65 Å². The third kappa shape index (κ3) is 4.04. The first-order valence-corrected chi connectivity index (χ1v) is 10.5. The van der Waals surface area contributed by atoms with Gasteiger partial charge >= 0.3 is 0 Å². The smallest absolute Gasteiger partial charge is 0.271 e. The van der Waals surface area contributed by atoms with Gasteiger partial charge in [-0.1, -0.05) is 12.1 Å². The molecule has 0 aliphatic heterocycles. The van der Waals surface area contributed by atoms with Crippen molar-refractivity contribution in [3.8, 4) is 22.3 Å². The fourth-order valence-corrected chi connectivity index (χ4v) is 4.10. The van der Waals surface area contributed by atoms with E-state index in [0.717, 1.165) is 29.2 Å². The minimum absolute atomic E-state index is 0.0279. The largest absolute Gasteiger partial charge is 0.366 e. The second kappa shape index (κ2) is 8.40. The number of aromatic nitrogens is 5. The van der Waals surface area contributed by atoms with E-state index in [1.54, 1.807) is 0 Å². The third-order valence-electron chi connectivity index (χ3n) is 5.63. The summed E-state index contributed by atoms with van der Waals surface area (Å²) in [5.41, 5.74) is 4.39. The molecule has 0 unspecified atom stereocenters. The van der Waals surface area contributed by atoms with Crippen LogP contribution < -0.4 is 5.73 Å². The molecular weight excluding hydrogens is 486 g/mol. The molecule has 0 fully saturated rings. The van der Waals surface area contributed by atoms with E-state index in [0.29, 0.717) is 13.0 Å². The molecular formula is C24H16F6N6. The Morgan fingerprint density at radius 1 is 0.917 bits per heavy atom. The SMILES string of the molecule is CC(F)(F)[C@@H](c1ccc(F)cc1)n1cc(-c2c(F)cc(F)c(-c3ccn4nc(N)nc4c3)c2F)cn1. The summed E-state index contributed by atoms with van der Waals surface area (Å²) in [7, 11) is 0. The summed E-state index contributed by atoms with van der Waals surface area (Å²) in [4.78, 5) is 3.94. The number of nitrogens with two attached hydrogens (primary N) is 1. The van der Waals surface area contributed by atoms with Gasteiger partial charge in [-0.2, -0.15) is 10.1 Å². The van der Waals surface area contributed by atoms with E-state index >= 15 is 4.39 Å². The lowest BCUT2D eigenvalue weighted by Crippen LogP contribution is -2.29. The van der Waals surface area contributed by atoms with E-state index in [1.807, 2.05) is 0 Å². The highest BCUT2D eigenvalue weighted by atomic mass is 19.3. The van der Waals surface area contributed by atoms with Crippen molar-refractivity contribution in [2.45, 2.75) is 18.9 Å². The summed E-state index contributed by atoms with van der Waals surface area (Å²) >= 11 is 0. The molecule has 12 heteroatoms. The molecule has 2 aromatic carbocycles. The summed E-state index contributed by atoms with van der Waals surface area (Å²) in [6.45, 7) is 0.646. The van der Waals surface area contributed by atoms with Crippen LogP contribution in [0.1, 0.15) is 18.5 Å². The van der Waals surface area contributed by atoms with Crippen LogP contribution in [0.5, 0.6) is 0 Å². The second-order valence-electron chi connectivity index (χ2n) is 8.21. The van der Waals surface area contributed by atoms with Gasteiger partial charge in [0.1, 0.15) is 29.3 Å². The maximum absolute atomic E-state index is 15.6. The van der Waals surface area contributed by atoms with E-state index < -0.39 is 46.4 Å². The number of pyridine rings is 1. The van der Waals surface area contributed by atoms with E-state index in [4.69, 9.17) is 5.73 Å². The Labute approximate surface area is 199 Å². The van der Waals surface area contributed by atoms with Crippen LogP contribution in [0.3, 0.4) is 0 Å². The standard InChI is InChI=1S/C24H16F6N6/c1-24(29,30)22(12-2-4-15(25)5-3-12)36-11-14(10-32-36)20-17(27)9-16(26)19(21(20)28)13-6-7-35-18(8-13)33-23(31)34-35/h2-11,22H,1H3,(H2,31,34)/t22-/m1/s1. The van der Waals surface area contributed by atoms with Crippen molar-refractivity contribution in [1.82, 2.24) is 24.4 Å². The van der Waals surface area contributed by atoms with Gasteiger partial charge in [0, 0.05) is 30.9 Å². The molecule has 0 amide bonds. The summed E-state index contributed by atoms with van der Waals surface area (Å²) in [5, 5.41) is 7.77. The van der Waals surface area contributed by atoms with Gasteiger partial charge in [0.05, 0.1) is 17.3 Å².